The van der Waals surface area contributed by atoms with E-state index in [4.69, 9.17) is 0 Å². The summed E-state index contributed by atoms with van der Waals surface area (Å²) in [6.45, 7) is 0. The third kappa shape index (κ3) is 1.58. The van der Waals surface area contributed by atoms with Crippen LogP contribution < -0.4 is 5.32 Å². The summed E-state index contributed by atoms with van der Waals surface area (Å²) >= 11 is 3.07. The van der Waals surface area contributed by atoms with Crippen LogP contribution in [0.15, 0.2) is 22.7 Å². The summed E-state index contributed by atoms with van der Waals surface area (Å²) in [5.41, 5.74) is 0.820. The Labute approximate surface area is 83.3 Å². The van der Waals surface area contributed by atoms with Crippen LogP contribution in [0, 0.1) is 5.82 Å². The van der Waals surface area contributed by atoms with Gasteiger partial charge in [-0.05, 0) is 33.6 Å². The number of halogens is 2. The molecule has 0 spiro atoms. The largest absolute Gasteiger partial charge is 0.349 e. The van der Waals surface area contributed by atoms with Crippen molar-refractivity contribution < 1.29 is 9.18 Å². The molecule has 1 aromatic rings. The summed E-state index contributed by atoms with van der Waals surface area (Å²) in [5.74, 6) is -0.271. The molecule has 13 heavy (non-hydrogen) atoms. The van der Waals surface area contributed by atoms with Crippen molar-refractivity contribution in [1.82, 2.24) is 5.32 Å². The van der Waals surface area contributed by atoms with E-state index in [1.807, 2.05) is 0 Å². The average molecular weight is 244 g/mol. The minimum Gasteiger partial charge on any atom is -0.349 e. The Kier molecular flexibility index (Phi) is 2.07. The molecule has 0 saturated carbocycles. The lowest BCUT2D eigenvalue weighted by molar-refractivity contribution is -0.128. The van der Waals surface area contributed by atoms with Crippen molar-refractivity contribution in [3.8, 4) is 0 Å². The van der Waals surface area contributed by atoms with E-state index in [-0.39, 0.29) is 17.8 Å². The number of β-lactam (4-membered cyclic amide) rings is 1. The fraction of sp³-hybridized carbons (Fsp3) is 0.222. The second kappa shape index (κ2) is 3.10. The van der Waals surface area contributed by atoms with Crippen molar-refractivity contribution in [2.75, 3.05) is 0 Å². The first kappa shape index (κ1) is 8.69. The lowest BCUT2D eigenvalue weighted by atomic mass is 9.97. The zero-order valence-corrected chi connectivity index (χ0v) is 8.27. The summed E-state index contributed by atoms with van der Waals surface area (Å²) in [6.07, 6.45) is 0.459. The van der Waals surface area contributed by atoms with Crippen molar-refractivity contribution in [1.29, 1.82) is 0 Å². The third-order valence-corrected chi connectivity index (χ3v) is 2.71. The summed E-state index contributed by atoms with van der Waals surface area (Å²) in [5, 5.41) is 2.68. The summed E-state index contributed by atoms with van der Waals surface area (Å²) < 4.78 is 13.5. The molecule has 1 aromatic carbocycles. The second-order valence-corrected chi connectivity index (χ2v) is 3.85. The molecule has 1 amide bonds. The molecule has 2 rings (SSSR count). The van der Waals surface area contributed by atoms with Gasteiger partial charge in [-0.1, -0.05) is 6.07 Å². The molecule has 1 heterocycles. The normalized spacial score (nSPS) is 20.8. The molecule has 1 aliphatic heterocycles. The van der Waals surface area contributed by atoms with Crippen LogP contribution in [0.4, 0.5) is 4.39 Å². The first-order valence-corrected chi connectivity index (χ1v) is 4.70. The van der Waals surface area contributed by atoms with Crippen LogP contribution in [0.5, 0.6) is 0 Å². The van der Waals surface area contributed by atoms with Crippen LogP contribution >= 0.6 is 15.9 Å². The minimum atomic E-state index is -0.293. The highest BCUT2D eigenvalue weighted by atomic mass is 79.9. The van der Waals surface area contributed by atoms with E-state index in [0.29, 0.717) is 10.9 Å². The van der Waals surface area contributed by atoms with Crippen molar-refractivity contribution in [3.05, 3.63) is 34.1 Å². The van der Waals surface area contributed by atoms with Gasteiger partial charge >= 0.3 is 0 Å². The highest BCUT2D eigenvalue weighted by molar-refractivity contribution is 9.10. The molecule has 0 bridgehead atoms. The van der Waals surface area contributed by atoms with Gasteiger partial charge in [-0.3, -0.25) is 4.79 Å². The molecule has 0 aromatic heterocycles. The molecule has 68 valence electrons. The number of carbonyl (C=O) groups excluding carboxylic acids is 1. The molecular weight excluding hydrogens is 237 g/mol. The highest BCUT2D eigenvalue weighted by Gasteiger charge is 2.26. The van der Waals surface area contributed by atoms with E-state index >= 15 is 0 Å². The van der Waals surface area contributed by atoms with Crippen LogP contribution in [0.25, 0.3) is 0 Å². The SMILES string of the molecule is O=C1CC(c2ccc(Br)c(F)c2)N1. The Morgan fingerprint density at radius 3 is 2.77 bits per heavy atom. The van der Waals surface area contributed by atoms with E-state index in [1.54, 1.807) is 12.1 Å². The Morgan fingerprint density at radius 1 is 1.54 bits per heavy atom. The van der Waals surface area contributed by atoms with Gasteiger partial charge in [-0.2, -0.15) is 0 Å². The monoisotopic (exact) mass is 243 g/mol. The average Bonchev–Trinajstić information content (AvgIpc) is 2.05. The number of rotatable bonds is 1. The Hall–Kier alpha value is -0.900. The van der Waals surface area contributed by atoms with E-state index < -0.39 is 0 Å². The first-order chi connectivity index (χ1) is 6.16. The molecule has 2 nitrogen and oxygen atoms in total. The smallest absolute Gasteiger partial charge is 0.222 e. The molecule has 1 fully saturated rings. The Morgan fingerprint density at radius 2 is 2.23 bits per heavy atom. The van der Waals surface area contributed by atoms with E-state index in [9.17, 15) is 9.18 Å². The van der Waals surface area contributed by atoms with E-state index in [0.717, 1.165) is 5.56 Å². The topological polar surface area (TPSA) is 29.1 Å². The van der Waals surface area contributed by atoms with Gasteiger partial charge in [0.15, 0.2) is 0 Å². The van der Waals surface area contributed by atoms with Crippen molar-refractivity contribution in [2.45, 2.75) is 12.5 Å². The quantitative estimate of drug-likeness (QED) is 0.753. The van der Waals surface area contributed by atoms with Gasteiger partial charge in [0.1, 0.15) is 5.82 Å². The molecule has 1 atom stereocenters. The maximum Gasteiger partial charge on any atom is 0.222 e. The van der Waals surface area contributed by atoms with Crippen LogP contribution in [0.2, 0.25) is 0 Å². The van der Waals surface area contributed by atoms with Crippen LogP contribution in [0.1, 0.15) is 18.0 Å². The maximum atomic E-state index is 13.0. The molecule has 1 saturated heterocycles. The van der Waals surface area contributed by atoms with Gasteiger partial charge in [0, 0.05) is 0 Å². The molecule has 4 heteroatoms. The lowest BCUT2D eigenvalue weighted by Gasteiger charge is -2.27. The second-order valence-electron chi connectivity index (χ2n) is 3.00. The van der Waals surface area contributed by atoms with Gasteiger partial charge in [0.2, 0.25) is 5.91 Å². The maximum absolute atomic E-state index is 13.0. The van der Waals surface area contributed by atoms with Crippen molar-refractivity contribution in [3.63, 3.8) is 0 Å². The standard InChI is InChI=1S/C9H7BrFNO/c10-6-2-1-5(3-7(6)11)8-4-9(13)12-8/h1-3,8H,4H2,(H,12,13). The van der Waals surface area contributed by atoms with Gasteiger partial charge < -0.3 is 5.32 Å². The third-order valence-electron chi connectivity index (χ3n) is 2.07. The number of benzene rings is 1. The minimum absolute atomic E-state index is 0.00454. The molecule has 1 N–H and O–H groups in total. The number of carbonyl (C=O) groups is 1. The molecule has 0 radical (unpaired) electrons. The predicted molar refractivity (Wildman–Crippen MR) is 49.6 cm³/mol. The zero-order valence-electron chi connectivity index (χ0n) is 6.68. The summed E-state index contributed by atoms with van der Waals surface area (Å²) in [6, 6.07) is 4.88. The van der Waals surface area contributed by atoms with Gasteiger partial charge in [0.25, 0.3) is 0 Å². The predicted octanol–water partition coefficient (Wildman–Crippen LogP) is 2.15. The molecule has 1 unspecified atom stereocenters. The van der Waals surface area contributed by atoms with Crippen molar-refractivity contribution in [2.24, 2.45) is 0 Å². The Balaban J connectivity index is 2.22. The van der Waals surface area contributed by atoms with Crippen LogP contribution in [0.3, 0.4) is 0 Å². The fourth-order valence-corrected chi connectivity index (χ4v) is 1.54. The number of nitrogens with one attached hydrogen (secondary N) is 1. The van der Waals surface area contributed by atoms with Gasteiger partial charge in [-0.15, -0.1) is 0 Å². The molecular formula is C9H7BrFNO. The fourth-order valence-electron chi connectivity index (χ4n) is 1.29. The van der Waals surface area contributed by atoms with Crippen LogP contribution in [-0.4, -0.2) is 5.91 Å². The summed E-state index contributed by atoms with van der Waals surface area (Å²) in [7, 11) is 0. The number of amides is 1. The van der Waals surface area contributed by atoms with Gasteiger partial charge in [0.05, 0.1) is 16.9 Å². The van der Waals surface area contributed by atoms with Gasteiger partial charge in [-0.25, -0.2) is 4.39 Å². The van der Waals surface area contributed by atoms with E-state index in [1.165, 1.54) is 6.07 Å². The summed E-state index contributed by atoms with van der Waals surface area (Å²) in [4.78, 5) is 10.6. The molecule has 1 aliphatic rings. The number of hydrogen-bond donors (Lipinski definition) is 1. The number of hydrogen-bond acceptors (Lipinski definition) is 1. The van der Waals surface area contributed by atoms with E-state index in [2.05, 4.69) is 21.2 Å². The van der Waals surface area contributed by atoms with Crippen LogP contribution in [-0.2, 0) is 4.79 Å². The zero-order chi connectivity index (χ0) is 9.42. The first-order valence-electron chi connectivity index (χ1n) is 3.91. The Bertz CT molecular complexity index is 359. The highest BCUT2D eigenvalue weighted by Crippen LogP contribution is 2.26. The lowest BCUT2D eigenvalue weighted by Crippen LogP contribution is -2.41. The van der Waals surface area contributed by atoms with Crippen molar-refractivity contribution >= 4 is 21.8 Å². The molecule has 0 aliphatic carbocycles.